The number of aromatic nitrogens is 2. The first-order valence-corrected chi connectivity index (χ1v) is 7.13. The summed E-state index contributed by atoms with van der Waals surface area (Å²) in [6.07, 6.45) is 1.42. The van der Waals surface area contributed by atoms with Gasteiger partial charge >= 0.3 is 6.09 Å². The van der Waals surface area contributed by atoms with Crippen LogP contribution in [0.15, 0.2) is 6.07 Å². The Morgan fingerprint density at radius 3 is 2.86 bits per heavy atom. The van der Waals surface area contributed by atoms with Gasteiger partial charge in [0.15, 0.2) is 5.82 Å². The highest BCUT2D eigenvalue weighted by molar-refractivity contribution is 5.88. The van der Waals surface area contributed by atoms with Gasteiger partial charge in [0, 0.05) is 25.2 Å². The lowest BCUT2D eigenvalue weighted by molar-refractivity contribution is -0.129. The summed E-state index contributed by atoms with van der Waals surface area (Å²) in [5.41, 5.74) is 0.783. The van der Waals surface area contributed by atoms with Crippen LogP contribution in [0.4, 0.5) is 10.6 Å². The van der Waals surface area contributed by atoms with Crippen molar-refractivity contribution in [3.8, 4) is 0 Å². The summed E-state index contributed by atoms with van der Waals surface area (Å²) in [5.74, 6) is 1.19. The molecule has 0 radical (unpaired) electrons. The Hall–Kier alpha value is -2.18. The minimum absolute atomic E-state index is 0.0322. The number of nitrogens with zero attached hydrogens (tertiary/aromatic N) is 4. The van der Waals surface area contributed by atoms with Crippen molar-refractivity contribution in [2.75, 3.05) is 24.6 Å². The van der Waals surface area contributed by atoms with Gasteiger partial charge in [-0.05, 0) is 19.8 Å². The van der Waals surface area contributed by atoms with Gasteiger partial charge in [0.2, 0.25) is 5.91 Å². The number of likely N-dealkylation sites (tertiary alicyclic amines) is 1. The standard InChI is InChI=1S/C14H18N4O3/c1-9-8-12(18-6-7-21-14(18)20)16-13(15-9)11-4-3-5-17(11)10(2)19/h8,11H,3-7H2,1-2H3/t11-/m1/s1. The van der Waals surface area contributed by atoms with Gasteiger partial charge in [0.05, 0.1) is 12.6 Å². The highest BCUT2D eigenvalue weighted by Gasteiger charge is 2.32. The first-order valence-electron chi connectivity index (χ1n) is 7.13. The third-order valence-corrected chi connectivity index (χ3v) is 3.85. The molecule has 2 aliphatic rings. The Kier molecular flexibility index (Phi) is 3.48. The second kappa shape index (κ2) is 5.31. The molecule has 7 nitrogen and oxygen atoms in total. The number of carbonyl (C=O) groups is 2. The number of cyclic esters (lactones) is 1. The summed E-state index contributed by atoms with van der Waals surface area (Å²) in [4.78, 5) is 35.6. The predicted octanol–water partition coefficient (Wildman–Crippen LogP) is 1.43. The Labute approximate surface area is 122 Å². The highest BCUT2D eigenvalue weighted by Crippen LogP contribution is 2.31. The van der Waals surface area contributed by atoms with Crippen LogP contribution in [0, 0.1) is 6.92 Å². The number of carbonyl (C=O) groups excluding carboxylic acids is 2. The van der Waals surface area contributed by atoms with Crippen molar-refractivity contribution in [2.45, 2.75) is 32.7 Å². The molecule has 21 heavy (non-hydrogen) atoms. The van der Waals surface area contributed by atoms with Gasteiger partial charge in [0.25, 0.3) is 0 Å². The van der Waals surface area contributed by atoms with E-state index in [1.165, 1.54) is 4.90 Å². The number of anilines is 1. The van der Waals surface area contributed by atoms with Gasteiger partial charge < -0.3 is 9.64 Å². The van der Waals surface area contributed by atoms with Crippen molar-refractivity contribution < 1.29 is 14.3 Å². The molecule has 3 rings (SSSR count). The maximum absolute atomic E-state index is 11.7. The second-order valence-electron chi connectivity index (χ2n) is 5.36. The molecule has 2 saturated heterocycles. The third kappa shape index (κ3) is 2.55. The Bertz CT molecular complexity index is 590. The van der Waals surface area contributed by atoms with Crippen LogP contribution in [0.2, 0.25) is 0 Å². The topological polar surface area (TPSA) is 75.6 Å². The largest absolute Gasteiger partial charge is 0.447 e. The third-order valence-electron chi connectivity index (χ3n) is 3.85. The summed E-state index contributed by atoms with van der Waals surface area (Å²) in [6.45, 7) is 5.03. The molecule has 0 bridgehead atoms. The average molecular weight is 290 g/mol. The van der Waals surface area contributed by atoms with Crippen molar-refractivity contribution in [3.63, 3.8) is 0 Å². The quantitative estimate of drug-likeness (QED) is 0.823. The zero-order valence-electron chi connectivity index (χ0n) is 12.2. The molecule has 0 aromatic carbocycles. The molecule has 0 unspecified atom stereocenters. The summed E-state index contributed by atoms with van der Waals surface area (Å²) in [5, 5.41) is 0. The number of aryl methyl sites for hydroxylation is 1. The van der Waals surface area contributed by atoms with Gasteiger partial charge in [-0.3, -0.25) is 9.69 Å². The molecule has 1 aromatic rings. The summed E-state index contributed by atoms with van der Waals surface area (Å²) in [6, 6.07) is 1.67. The monoisotopic (exact) mass is 290 g/mol. The Balaban J connectivity index is 1.94. The molecule has 3 heterocycles. The highest BCUT2D eigenvalue weighted by atomic mass is 16.6. The van der Waals surface area contributed by atoms with Crippen LogP contribution in [0.1, 0.15) is 37.3 Å². The van der Waals surface area contributed by atoms with Gasteiger partial charge in [-0.1, -0.05) is 0 Å². The van der Waals surface area contributed by atoms with Crippen LogP contribution >= 0.6 is 0 Å². The lowest BCUT2D eigenvalue weighted by Crippen LogP contribution is -2.30. The maximum atomic E-state index is 11.7. The molecule has 0 N–H and O–H groups in total. The molecule has 2 fully saturated rings. The molecule has 0 saturated carbocycles. The minimum Gasteiger partial charge on any atom is -0.447 e. The molecule has 1 atom stereocenters. The predicted molar refractivity (Wildman–Crippen MR) is 74.8 cm³/mol. The average Bonchev–Trinajstić information content (AvgIpc) is 3.06. The summed E-state index contributed by atoms with van der Waals surface area (Å²) < 4.78 is 4.95. The lowest BCUT2D eigenvalue weighted by Gasteiger charge is -2.23. The summed E-state index contributed by atoms with van der Waals surface area (Å²) >= 11 is 0. The van der Waals surface area contributed by atoms with Crippen molar-refractivity contribution in [1.29, 1.82) is 0 Å². The summed E-state index contributed by atoms with van der Waals surface area (Å²) in [7, 11) is 0. The fraction of sp³-hybridized carbons (Fsp3) is 0.571. The molecular formula is C14H18N4O3. The number of amides is 2. The maximum Gasteiger partial charge on any atom is 0.415 e. The van der Waals surface area contributed by atoms with E-state index in [1.807, 2.05) is 6.92 Å². The van der Waals surface area contributed by atoms with E-state index in [4.69, 9.17) is 4.74 Å². The van der Waals surface area contributed by atoms with Crippen LogP contribution in [0.25, 0.3) is 0 Å². The zero-order valence-corrected chi connectivity index (χ0v) is 12.2. The van der Waals surface area contributed by atoms with Crippen molar-refractivity contribution >= 4 is 17.8 Å². The number of hydrogen-bond acceptors (Lipinski definition) is 5. The van der Waals surface area contributed by atoms with Crippen LogP contribution in [0.5, 0.6) is 0 Å². The normalized spacial score (nSPS) is 21.8. The van der Waals surface area contributed by atoms with Gasteiger partial charge in [-0.15, -0.1) is 0 Å². The van der Waals surface area contributed by atoms with Crippen molar-refractivity contribution in [1.82, 2.24) is 14.9 Å². The molecule has 1 aromatic heterocycles. The first-order chi connectivity index (χ1) is 10.1. The Morgan fingerprint density at radius 2 is 2.19 bits per heavy atom. The van der Waals surface area contributed by atoms with Gasteiger partial charge in [-0.25, -0.2) is 14.8 Å². The number of hydrogen-bond donors (Lipinski definition) is 0. The van der Waals surface area contributed by atoms with E-state index in [0.29, 0.717) is 24.8 Å². The van der Waals surface area contributed by atoms with Crippen molar-refractivity contribution in [3.05, 3.63) is 17.6 Å². The van der Waals surface area contributed by atoms with E-state index in [2.05, 4.69) is 9.97 Å². The van der Waals surface area contributed by atoms with E-state index in [1.54, 1.807) is 17.9 Å². The fourth-order valence-corrected chi connectivity index (χ4v) is 2.88. The lowest BCUT2D eigenvalue weighted by atomic mass is 10.2. The van der Waals surface area contributed by atoms with E-state index < -0.39 is 0 Å². The second-order valence-corrected chi connectivity index (χ2v) is 5.36. The van der Waals surface area contributed by atoms with Crippen LogP contribution in [0.3, 0.4) is 0 Å². The molecule has 0 spiro atoms. The van der Waals surface area contributed by atoms with Crippen LogP contribution in [-0.4, -0.2) is 46.6 Å². The van der Waals surface area contributed by atoms with E-state index in [0.717, 1.165) is 25.1 Å². The number of rotatable bonds is 2. The van der Waals surface area contributed by atoms with E-state index >= 15 is 0 Å². The van der Waals surface area contributed by atoms with Crippen LogP contribution < -0.4 is 4.90 Å². The molecule has 112 valence electrons. The SMILES string of the molecule is CC(=O)N1CCC[C@@H]1c1nc(C)cc(N2CCOC2=O)n1. The fourth-order valence-electron chi connectivity index (χ4n) is 2.88. The zero-order chi connectivity index (χ0) is 15.0. The van der Waals surface area contributed by atoms with Crippen molar-refractivity contribution in [2.24, 2.45) is 0 Å². The molecular weight excluding hydrogens is 272 g/mol. The molecule has 2 aliphatic heterocycles. The number of ether oxygens (including phenoxy) is 1. The minimum atomic E-state index is -0.381. The molecule has 7 heteroatoms. The molecule has 0 aliphatic carbocycles. The molecule has 2 amide bonds. The van der Waals surface area contributed by atoms with E-state index in [9.17, 15) is 9.59 Å². The van der Waals surface area contributed by atoms with Gasteiger partial charge in [-0.2, -0.15) is 0 Å². The van der Waals surface area contributed by atoms with Gasteiger partial charge in [0.1, 0.15) is 12.4 Å². The van der Waals surface area contributed by atoms with Crippen LogP contribution in [-0.2, 0) is 9.53 Å². The first kappa shape index (κ1) is 13.8. The smallest absolute Gasteiger partial charge is 0.415 e. The Morgan fingerprint density at radius 1 is 1.38 bits per heavy atom. The van der Waals surface area contributed by atoms with E-state index in [-0.39, 0.29) is 18.0 Å².